The highest BCUT2D eigenvalue weighted by Crippen LogP contribution is 2.22. The van der Waals surface area contributed by atoms with E-state index in [1.165, 1.54) is 0 Å². The fourth-order valence-corrected chi connectivity index (χ4v) is 2.54. The lowest BCUT2D eigenvalue weighted by atomic mass is 9.98. The van der Waals surface area contributed by atoms with Gasteiger partial charge in [0.25, 0.3) is 0 Å². The van der Waals surface area contributed by atoms with Crippen LogP contribution in [-0.2, 0) is 6.42 Å². The SMILES string of the molecule is CCCC(O)c1cccc(CCC(O)c2ccccc2)c1. The maximum atomic E-state index is 10.2. The van der Waals surface area contributed by atoms with Crippen LogP contribution in [0.4, 0.5) is 0 Å². The van der Waals surface area contributed by atoms with E-state index < -0.39 is 6.10 Å². The van der Waals surface area contributed by atoms with Crippen molar-refractivity contribution >= 4 is 0 Å². The summed E-state index contributed by atoms with van der Waals surface area (Å²) in [6.07, 6.45) is 2.44. The van der Waals surface area contributed by atoms with E-state index in [0.29, 0.717) is 6.42 Å². The third kappa shape index (κ3) is 4.69. The smallest absolute Gasteiger partial charge is 0.0793 e. The molecule has 0 saturated carbocycles. The second kappa shape index (κ2) is 7.96. The molecule has 2 aromatic rings. The van der Waals surface area contributed by atoms with Crippen LogP contribution in [0, 0.1) is 0 Å². The van der Waals surface area contributed by atoms with E-state index in [4.69, 9.17) is 0 Å². The lowest BCUT2D eigenvalue weighted by Gasteiger charge is -2.13. The van der Waals surface area contributed by atoms with Crippen LogP contribution in [0.15, 0.2) is 54.6 Å². The number of rotatable bonds is 7. The molecular weight excluding hydrogens is 260 g/mol. The van der Waals surface area contributed by atoms with Gasteiger partial charge in [0.1, 0.15) is 0 Å². The largest absolute Gasteiger partial charge is 0.388 e. The summed E-state index contributed by atoms with van der Waals surface area (Å²) in [6.45, 7) is 2.07. The van der Waals surface area contributed by atoms with E-state index >= 15 is 0 Å². The van der Waals surface area contributed by atoms with E-state index in [1.807, 2.05) is 42.5 Å². The lowest BCUT2D eigenvalue weighted by molar-refractivity contribution is 0.165. The molecule has 2 aromatic carbocycles. The summed E-state index contributed by atoms with van der Waals surface area (Å²) in [7, 11) is 0. The fraction of sp³-hybridized carbons (Fsp3) is 0.368. The molecule has 0 aliphatic rings. The standard InChI is InChI=1S/C19H24O2/c1-2-7-18(20)17-11-6-8-15(14-17)12-13-19(21)16-9-4-3-5-10-16/h3-6,8-11,14,18-21H,2,7,12-13H2,1H3. The van der Waals surface area contributed by atoms with Gasteiger partial charge in [-0.1, -0.05) is 67.9 Å². The zero-order chi connectivity index (χ0) is 15.1. The zero-order valence-corrected chi connectivity index (χ0v) is 12.6. The molecule has 0 amide bonds. The molecule has 2 rings (SSSR count). The summed E-state index contributed by atoms with van der Waals surface area (Å²) >= 11 is 0. The molecule has 0 aromatic heterocycles. The van der Waals surface area contributed by atoms with Gasteiger partial charge in [0.2, 0.25) is 0 Å². The Bertz CT molecular complexity index is 536. The van der Waals surface area contributed by atoms with Crippen LogP contribution in [-0.4, -0.2) is 10.2 Å². The summed E-state index contributed by atoms with van der Waals surface area (Å²) in [4.78, 5) is 0. The molecule has 2 N–H and O–H groups in total. The predicted octanol–water partition coefficient (Wildman–Crippen LogP) is 4.19. The molecule has 21 heavy (non-hydrogen) atoms. The molecule has 2 unspecified atom stereocenters. The van der Waals surface area contributed by atoms with Crippen molar-refractivity contribution < 1.29 is 10.2 Å². The zero-order valence-electron chi connectivity index (χ0n) is 12.6. The minimum absolute atomic E-state index is 0.381. The van der Waals surface area contributed by atoms with Crippen LogP contribution in [0.2, 0.25) is 0 Å². The van der Waals surface area contributed by atoms with Crippen LogP contribution in [0.1, 0.15) is 55.1 Å². The van der Waals surface area contributed by atoms with Crippen molar-refractivity contribution in [2.45, 2.75) is 44.8 Å². The average molecular weight is 284 g/mol. The fourth-order valence-electron chi connectivity index (χ4n) is 2.54. The summed E-state index contributed by atoms with van der Waals surface area (Å²) in [6, 6.07) is 17.8. The number of benzene rings is 2. The van der Waals surface area contributed by atoms with E-state index in [9.17, 15) is 10.2 Å². The topological polar surface area (TPSA) is 40.5 Å². The minimum Gasteiger partial charge on any atom is -0.388 e. The highest BCUT2D eigenvalue weighted by atomic mass is 16.3. The molecule has 0 radical (unpaired) electrons. The Morgan fingerprint density at radius 2 is 1.48 bits per heavy atom. The third-order valence-electron chi connectivity index (χ3n) is 3.79. The Balaban J connectivity index is 1.95. The predicted molar refractivity (Wildman–Crippen MR) is 86.0 cm³/mol. The van der Waals surface area contributed by atoms with Crippen molar-refractivity contribution in [3.63, 3.8) is 0 Å². The summed E-state index contributed by atoms with van der Waals surface area (Å²) < 4.78 is 0. The Hall–Kier alpha value is -1.64. The van der Waals surface area contributed by atoms with Gasteiger partial charge >= 0.3 is 0 Å². The van der Waals surface area contributed by atoms with Crippen LogP contribution in [0.3, 0.4) is 0 Å². The Kier molecular flexibility index (Phi) is 5.97. The summed E-state index contributed by atoms with van der Waals surface area (Å²) in [5, 5.41) is 20.2. The van der Waals surface area contributed by atoms with Crippen LogP contribution >= 0.6 is 0 Å². The van der Waals surface area contributed by atoms with Gasteiger partial charge in [-0.3, -0.25) is 0 Å². The second-order valence-corrected chi connectivity index (χ2v) is 5.51. The van der Waals surface area contributed by atoms with Gasteiger partial charge in [-0.25, -0.2) is 0 Å². The highest BCUT2D eigenvalue weighted by molar-refractivity contribution is 5.26. The van der Waals surface area contributed by atoms with Crippen LogP contribution in [0.25, 0.3) is 0 Å². The van der Waals surface area contributed by atoms with Gasteiger partial charge in [-0.2, -0.15) is 0 Å². The third-order valence-corrected chi connectivity index (χ3v) is 3.79. The van der Waals surface area contributed by atoms with Gasteiger partial charge in [-0.15, -0.1) is 0 Å². The molecule has 0 aliphatic carbocycles. The number of hydrogen-bond donors (Lipinski definition) is 2. The molecule has 0 heterocycles. The van der Waals surface area contributed by atoms with Crippen molar-refractivity contribution in [1.82, 2.24) is 0 Å². The monoisotopic (exact) mass is 284 g/mol. The van der Waals surface area contributed by atoms with Gasteiger partial charge in [0, 0.05) is 0 Å². The second-order valence-electron chi connectivity index (χ2n) is 5.51. The van der Waals surface area contributed by atoms with Crippen molar-refractivity contribution in [3.8, 4) is 0 Å². The van der Waals surface area contributed by atoms with Gasteiger partial charge in [-0.05, 0) is 36.0 Å². The van der Waals surface area contributed by atoms with Crippen molar-refractivity contribution in [2.75, 3.05) is 0 Å². The first-order valence-corrected chi connectivity index (χ1v) is 7.70. The number of hydrogen-bond acceptors (Lipinski definition) is 2. The normalized spacial score (nSPS) is 13.9. The van der Waals surface area contributed by atoms with Crippen molar-refractivity contribution in [3.05, 3.63) is 71.3 Å². The molecule has 0 aliphatic heterocycles. The molecule has 2 atom stereocenters. The average Bonchev–Trinajstić information content (AvgIpc) is 2.54. The Morgan fingerprint density at radius 3 is 2.19 bits per heavy atom. The molecule has 0 bridgehead atoms. The van der Waals surface area contributed by atoms with Crippen LogP contribution in [0.5, 0.6) is 0 Å². The van der Waals surface area contributed by atoms with E-state index in [-0.39, 0.29) is 6.10 Å². The van der Waals surface area contributed by atoms with E-state index in [1.54, 1.807) is 0 Å². The Labute approximate surface area is 127 Å². The molecule has 0 spiro atoms. The first-order valence-electron chi connectivity index (χ1n) is 7.70. The first kappa shape index (κ1) is 15.7. The number of aryl methyl sites for hydroxylation is 1. The molecule has 2 nitrogen and oxygen atoms in total. The number of aliphatic hydroxyl groups excluding tert-OH is 2. The van der Waals surface area contributed by atoms with Gasteiger partial charge < -0.3 is 10.2 Å². The first-order chi connectivity index (χ1) is 10.2. The van der Waals surface area contributed by atoms with E-state index in [2.05, 4.69) is 19.1 Å². The highest BCUT2D eigenvalue weighted by Gasteiger charge is 2.09. The molecule has 2 heteroatoms. The minimum atomic E-state index is -0.435. The maximum Gasteiger partial charge on any atom is 0.0793 e. The van der Waals surface area contributed by atoms with Gasteiger partial charge in [0.15, 0.2) is 0 Å². The molecular formula is C19H24O2. The van der Waals surface area contributed by atoms with E-state index in [0.717, 1.165) is 36.0 Å². The van der Waals surface area contributed by atoms with Gasteiger partial charge in [0.05, 0.1) is 12.2 Å². The summed E-state index contributed by atoms with van der Waals surface area (Å²) in [5.74, 6) is 0. The lowest BCUT2D eigenvalue weighted by Crippen LogP contribution is -2.01. The Morgan fingerprint density at radius 1 is 0.810 bits per heavy atom. The molecule has 0 saturated heterocycles. The molecule has 0 fully saturated rings. The van der Waals surface area contributed by atoms with Crippen molar-refractivity contribution in [2.24, 2.45) is 0 Å². The molecule has 112 valence electrons. The number of aliphatic hydroxyl groups is 2. The van der Waals surface area contributed by atoms with Crippen molar-refractivity contribution in [1.29, 1.82) is 0 Å². The maximum absolute atomic E-state index is 10.2. The van der Waals surface area contributed by atoms with Crippen LogP contribution < -0.4 is 0 Å². The summed E-state index contributed by atoms with van der Waals surface area (Å²) in [5.41, 5.74) is 3.10. The quantitative estimate of drug-likeness (QED) is 0.800.